The lowest BCUT2D eigenvalue weighted by Gasteiger charge is -2.23. The first-order valence-corrected chi connectivity index (χ1v) is 17.5. The summed E-state index contributed by atoms with van der Waals surface area (Å²) in [6, 6.07) is 18.8. The number of benzene rings is 6. The molecule has 0 aliphatic heterocycles. The van der Waals surface area contributed by atoms with Crippen LogP contribution in [0.2, 0.25) is 0 Å². The van der Waals surface area contributed by atoms with E-state index in [1.807, 2.05) is 60.7 Å². The van der Waals surface area contributed by atoms with E-state index in [0.717, 1.165) is 11.1 Å². The first-order chi connectivity index (χ1) is 27.6. The van der Waals surface area contributed by atoms with Gasteiger partial charge < -0.3 is 8.98 Å². The van der Waals surface area contributed by atoms with Gasteiger partial charge >= 0.3 is 0 Å². The molecular weight excluding hydrogens is 692 g/mol. The maximum absolute atomic E-state index is 7.13. The Kier molecular flexibility index (Phi) is 9.07. The molecule has 3 aromatic heterocycles. The Morgan fingerprint density at radius 2 is 0.741 bits per heavy atom. The molecule has 0 N–H and O–H groups in total. The van der Waals surface area contributed by atoms with Crippen LogP contribution < -0.4 is 76.5 Å². The van der Waals surface area contributed by atoms with Crippen LogP contribution in [-0.4, -0.2) is 129 Å². The van der Waals surface area contributed by atoms with Crippen LogP contribution in [0.5, 0.6) is 0 Å². The lowest BCUT2D eigenvalue weighted by atomic mass is 9.63. The molecule has 234 valence electrons. The predicted octanol–water partition coefficient (Wildman–Crippen LogP) is -7.02. The summed E-state index contributed by atoms with van der Waals surface area (Å²) >= 11 is 0. The van der Waals surface area contributed by atoms with Crippen LogP contribution in [-0.2, 0) is 0 Å². The number of aromatic nitrogens is 4. The maximum atomic E-state index is 7.13. The van der Waals surface area contributed by atoms with Gasteiger partial charge in [0.25, 0.3) is 0 Å². The highest BCUT2D eigenvalue weighted by Crippen LogP contribution is 2.31. The van der Waals surface area contributed by atoms with Crippen molar-refractivity contribution >= 4 is 230 Å². The highest BCUT2D eigenvalue weighted by Gasteiger charge is 2.28. The first kappa shape index (κ1) is 38.4. The Morgan fingerprint density at radius 1 is 0.345 bits per heavy atom. The highest BCUT2D eigenvalue weighted by atomic mass is 16.3. The van der Waals surface area contributed by atoms with Crippen molar-refractivity contribution in [3.8, 4) is 39.9 Å². The monoisotopic (exact) mass is 704 g/mol. The smallest absolute Gasteiger partial charge is 0.164 e. The second-order valence-corrected chi connectivity index (χ2v) is 13.8. The molecule has 6 aromatic carbocycles. The van der Waals surface area contributed by atoms with Gasteiger partial charge in [0.2, 0.25) is 0 Å². The second-order valence-electron chi connectivity index (χ2n) is 13.8. The Morgan fingerprint density at radius 3 is 1.22 bits per heavy atom. The van der Waals surface area contributed by atoms with Gasteiger partial charge in [-0.1, -0.05) is 110 Å². The molecule has 0 unspecified atom stereocenters. The van der Waals surface area contributed by atoms with E-state index in [1.54, 1.807) is 0 Å². The molecule has 0 fully saturated rings. The zero-order chi connectivity index (χ0) is 41.2. The van der Waals surface area contributed by atoms with Crippen molar-refractivity contribution in [3.05, 3.63) is 60.7 Å². The van der Waals surface area contributed by atoms with Gasteiger partial charge in [0.1, 0.15) is 121 Å². The quantitative estimate of drug-likeness (QED) is 0.172. The minimum absolute atomic E-state index is 0.00266. The molecule has 19 heteroatoms. The summed E-state index contributed by atoms with van der Waals surface area (Å²) in [7, 11) is 93.6. The van der Waals surface area contributed by atoms with Crippen LogP contribution in [0.1, 0.15) is 0 Å². The zero-order valence-electron chi connectivity index (χ0n) is 30.6. The molecule has 3 heterocycles. The molecule has 0 saturated carbocycles. The van der Waals surface area contributed by atoms with E-state index >= 15 is 0 Å². The van der Waals surface area contributed by atoms with E-state index in [-0.39, 0.29) is 137 Å². The highest BCUT2D eigenvalue weighted by molar-refractivity contribution is 6.72. The molecule has 0 atom stereocenters. The van der Waals surface area contributed by atoms with E-state index in [1.165, 1.54) is 4.57 Å². The largest absolute Gasteiger partial charge is 0.457 e. The molecule has 0 aliphatic rings. The standard InChI is InChI=1S/C39H10B14N4O/c40-18-13-14-19(41)25(47)27(49)29(51)33(14)57(32(13)28(50)26(48)24(18)46)34-22(44)16-15-20(42)21(43)17(23(45)35(15)58-36(16)31(53)30(34)52)39-55-37(11-7-3-1-4-8-11)54-38(56-39)12-9-5-2-6-10-12/h1-10H. The Bertz CT molecular complexity index is 3140. The van der Waals surface area contributed by atoms with Gasteiger partial charge in [0.15, 0.2) is 17.5 Å². The Balaban J connectivity index is 1.40. The maximum Gasteiger partial charge on any atom is 0.164 e. The van der Waals surface area contributed by atoms with Crippen LogP contribution in [0, 0.1) is 0 Å². The number of hydrogen-bond acceptors (Lipinski definition) is 4. The summed E-state index contributed by atoms with van der Waals surface area (Å²) in [6.45, 7) is 0. The van der Waals surface area contributed by atoms with Crippen molar-refractivity contribution in [2.75, 3.05) is 0 Å². The van der Waals surface area contributed by atoms with Crippen molar-refractivity contribution < 1.29 is 4.42 Å². The molecule has 0 spiro atoms. The topological polar surface area (TPSA) is 56.7 Å². The number of fused-ring (bicyclic) bond motifs is 6. The average Bonchev–Trinajstić information content (AvgIpc) is 3.81. The zero-order valence-corrected chi connectivity index (χ0v) is 30.6. The normalized spacial score (nSPS) is 11.7. The molecule has 5 nitrogen and oxygen atoms in total. The molecule has 0 aliphatic carbocycles. The van der Waals surface area contributed by atoms with Crippen LogP contribution in [0.3, 0.4) is 0 Å². The third kappa shape index (κ3) is 5.27. The molecule has 0 saturated heterocycles. The fourth-order valence-electron chi connectivity index (χ4n) is 7.70. The van der Waals surface area contributed by atoms with Crippen molar-refractivity contribution in [2.24, 2.45) is 0 Å². The fraction of sp³-hybridized carbons (Fsp3) is 0. The van der Waals surface area contributed by atoms with Gasteiger partial charge in [-0.2, -0.15) is 0 Å². The minimum Gasteiger partial charge on any atom is -0.457 e. The van der Waals surface area contributed by atoms with Crippen molar-refractivity contribution in [1.82, 2.24) is 19.5 Å². The van der Waals surface area contributed by atoms with Crippen molar-refractivity contribution in [2.45, 2.75) is 0 Å². The Labute approximate surface area is 352 Å². The van der Waals surface area contributed by atoms with E-state index in [4.69, 9.17) is 129 Å². The first-order valence-electron chi connectivity index (χ1n) is 17.5. The molecule has 9 aromatic rings. The van der Waals surface area contributed by atoms with Gasteiger partial charge in [-0.05, 0) is 16.2 Å². The number of nitrogens with zero attached hydrogens (tertiary/aromatic N) is 4. The van der Waals surface area contributed by atoms with E-state index in [9.17, 15) is 0 Å². The summed E-state index contributed by atoms with van der Waals surface area (Å²) < 4.78 is 7.94. The molecule has 0 amide bonds. The molecular formula is C39H10B14N4O. The van der Waals surface area contributed by atoms with Crippen LogP contribution in [0.4, 0.5) is 0 Å². The SMILES string of the molecule is [B]c1c(-n2c3c([B])c([B])c([B])c([B])c3c3c([B])c([B])c([B])c([B])c32)c([B])c2c(oc3c([B])c(-c4nc(-c5ccccc5)nc(-c5ccccc5)n4)c([B])c([B])c32)c1[B]. The van der Waals surface area contributed by atoms with Gasteiger partial charge in [0, 0.05) is 44.2 Å². The number of rotatable bonds is 4. The fourth-order valence-corrected chi connectivity index (χ4v) is 7.70. The van der Waals surface area contributed by atoms with E-state index in [0.29, 0.717) is 11.6 Å². The Hall–Kier alpha value is -5.16. The van der Waals surface area contributed by atoms with Crippen molar-refractivity contribution in [3.63, 3.8) is 0 Å². The third-order valence-corrected chi connectivity index (χ3v) is 10.7. The van der Waals surface area contributed by atoms with Crippen LogP contribution >= 0.6 is 0 Å². The van der Waals surface area contributed by atoms with Gasteiger partial charge in [-0.15, -0.1) is 21.9 Å². The minimum atomic E-state index is -0.0626. The van der Waals surface area contributed by atoms with E-state index in [2.05, 4.69) is 0 Å². The van der Waals surface area contributed by atoms with Crippen LogP contribution in [0.25, 0.3) is 83.6 Å². The molecule has 0 bridgehead atoms. The second kappa shape index (κ2) is 13.7. The molecule has 9 rings (SSSR count). The molecule has 58 heavy (non-hydrogen) atoms. The summed E-state index contributed by atoms with van der Waals surface area (Å²) in [5.74, 6) is 0.875. The predicted molar refractivity (Wildman–Crippen MR) is 253 cm³/mol. The summed E-state index contributed by atoms with van der Waals surface area (Å²) in [4.78, 5) is 14.4. The van der Waals surface area contributed by atoms with Gasteiger partial charge in [-0.25, -0.2) is 15.0 Å². The third-order valence-electron chi connectivity index (χ3n) is 10.7. The summed E-state index contributed by atoms with van der Waals surface area (Å²) in [5, 5.41) is 0.978. The lowest BCUT2D eigenvalue weighted by Crippen LogP contribution is -2.49. The summed E-state index contributed by atoms with van der Waals surface area (Å²) in [5.41, 5.74) is 2.32. The van der Waals surface area contributed by atoms with Crippen LogP contribution in [0.15, 0.2) is 65.1 Å². The number of hydrogen-bond donors (Lipinski definition) is 0. The molecule has 28 radical (unpaired) electrons. The lowest BCUT2D eigenvalue weighted by molar-refractivity contribution is 0.674. The number of furan rings is 1. The van der Waals surface area contributed by atoms with Gasteiger partial charge in [-0.3, -0.25) is 0 Å². The average molecular weight is 702 g/mol. The van der Waals surface area contributed by atoms with Crippen molar-refractivity contribution in [1.29, 1.82) is 0 Å². The summed E-state index contributed by atoms with van der Waals surface area (Å²) in [6.07, 6.45) is 0. The van der Waals surface area contributed by atoms with Gasteiger partial charge in [0.05, 0.1) is 0 Å². The van der Waals surface area contributed by atoms with E-state index < -0.39 is 0 Å².